The Labute approximate surface area is 183 Å². The Bertz CT molecular complexity index is 1120. The predicted molar refractivity (Wildman–Crippen MR) is 131 cm³/mol. The zero-order chi connectivity index (χ0) is 23.5. The lowest BCUT2D eigenvalue weighted by atomic mass is 9.85. The predicted octanol–water partition coefficient (Wildman–Crippen LogP) is 3.93. The van der Waals surface area contributed by atoms with Crippen molar-refractivity contribution < 1.29 is 4.79 Å². The van der Waals surface area contributed by atoms with Gasteiger partial charge in [-0.3, -0.25) is 4.79 Å². The molecule has 1 unspecified atom stereocenters. The van der Waals surface area contributed by atoms with Gasteiger partial charge < -0.3 is 28.3 Å². The molecule has 0 aliphatic carbocycles. The monoisotopic (exact) mass is 417 g/mol. The van der Waals surface area contributed by atoms with E-state index in [0.717, 1.165) is 27.8 Å². The lowest BCUT2D eigenvalue weighted by molar-refractivity contribution is -0.114. The number of amides is 1. The van der Waals surface area contributed by atoms with Crippen molar-refractivity contribution in [2.75, 3.05) is 11.5 Å². The summed E-state index contributed by atoms with van der Waals surface area (Å²) in [4.78, 5) is 12.4. The van der Waals surface area contributed by atoms with Crippen molar-refractivity contribution in [2.45, 2.75) is 33.6 Å². The van der Waals surface area contributed by atoms with Crippen molar-refractivity contribution in [2.24, 2.45) is 11.5 Å². The van der Waals surface area contributed by atoms with E-state index in [2.05, 4.69) is 6.58 Å². The zero-order valence-electron chi connectivity index (χ0n) is 18.5. The van der Waals surface area contributed by atoms with Gasteiger partial charge in [-0.1, -0.05) is 43.8 Å². The Balaban J connectivity index is 2.60. The van der Waals surface area contributed by atoms with Crippen molar-refractivity contribution in [3.63, 3.8) is 0 Å². The Morgan fingerprint density at radius 1 is 1.10 bits per heavy atom. The fourth-order valence-electron chi connectivity index (χ4n) is 3.79. The van der Waals surface area contributed by atoms with Gasteiger partial charge in [-0.05, 0) is 54.7 Å². The highest BCUT2D eigenvalue weighted by Crippen LogP contribution is 2.33. The first-order valence-electron chi connectivity index (χ1n) is 9.93. The molecule has 0 bridgehead atoms. The number of nitrogen functional groups attached to an aromatic ring is 2. The zero-order valence-corrected chi connectivity index (χ0v) is 18.5. The van der Waals surface area contributed by atoms with Crippen LogP contribution < -0.4 is 22.9 Å². The van der Waals surface area contributed by atoms with Gasteiger partial charge in [0, 0.05) is 40.3 Å². The van der Waals surface area contributed by atoms with Crippen LogP contribution in [0, 0.1) is 19.3 Å². The number of primary amides is 1. The second kappa shape index (κ2) is 9.34. The fourth-order valence-corrected chi connectivity index (χ4v) is 3.79. The van der Waals surface area contributed by atoms with Crippen molar-refractivity contribution in [3.05, 3.63) is 87.6 Å². The van der Waals surface area contributed by atoms with E-state index < -0.39 is 11.8 Å². The lowest BCUT2D eigenvalue weighted by Gasteiger charge is -2.22. The highest BCUT2D eigenvalue weighted by Gasteiger charge is 2.23. The molecule has 0 saturated heterocycles. The summed E-state index contributed by atoms with van der Waals surface area (Å²) >= 11 is 0. The quantitative estimate of drug-likeness (QED) is 0.201. The molecule has 6 nitrogen and oxygen atoms in total. The molecule has 1 amide bonds. The van der Waals surface area contributed by atoms with Gasteiger partial charge in [0.25, 0.3) is 5.91 Å². The molecule has 0 spiro atoms. The first kappa shape index (κ1) is 23.5. The average Bonchev–Trinajstić information content (AvgIpc) is 2.70. The number of para-hydroxylation sites is 1. The minimum Gasteiger partial charge on any atom is -0.401 e. The van der Waals surface area contributed by atoms with E-state index in [-0.39, 0.29) is 11.3 Å². The van der Waals surface area contributed by atoms with Crippen LogP contribution in [0.15, 0.2) is 59.8 Å². The molecule has 2 aromatic carbocycles. The average molecular weight is 418 g/mol. The Morgan fingerprint density at radius 3 is 2.32 bits per heavy atom. The molecule has 0 heterocycles. The number of allylic oxidation sites excluding steroid dienone is 3. The maximum absolute atomic E-state index is 12.4. The van der Waals surface area contributed by atoms with Crippen LogP contribution in [0.1, 0.15) is 47.6 Å². The number of nitrogens with two attached hydrogens (primary N) is 4. The molecule has 2 rings (SSSR count). The van der Waals surface area contributed by atoms with Crippen LogP contribution in [0.5, 0.6) is 0 Å². The molecular weight excluding hydrogens is 386 g/mol. The summed E-state index contributed by atoms with van der Waals surface area (Å²) in [5.41, 5.74) is 31.3. The van der Waals surface area contributed by atoms with Crippen molar-refractivity contribution in [3.8, 4) is 0 Å². The third-order valence-corrected chi connectivity index (χ3v) is 5.58. The molecule has 0 radical (unpaired) electrons. The molecule has 9 N–H and O–H groups in total. The highest BCUT2D eigenvalue weighted by atomic mass is 16.1. The van der Waals surface area contributed by atoms with Crippen molar-refractivity contribution in [1.82, 2.24) is 0 Å². The maximum atomic E-state index is 12.4. The molecule has 0 fully saturated rings. The fraction of sp³-hybridized carbons (Fsp3) is 0.200. The number of carbonyl (C=O) groups excluding carboxylic acids is 1. The largest absolute Gasteiger partial charge is 0.401 e. The van der Waals surface area contributed by atoms with E-state index in [1.807, 2.05) is 52.0 Å². The summed E-state index contributed by atoms with van der Waals surface area (Å²) in [6.07, 6.45) is 2.96. The van der Waals surface area contributed by atoms with Gasteiger partial charge in [-0.2, -0.15) is 0 Å². The molecule has 0 saturated carbocycles. The Hall–Kier alpha value is -3.80. The van der Waals surface area contributed by atoms with Crippen LogP contribution in [0.3, 0.4) is 0 Å². The molecule has 6 heteroatoms. The smallest absolute Gasteiger partial charge is 0.251 e. The lowest BCUT2D eigenvalue weighted by Crippen LogP contribution is -2.23. The second-order valence-electron chi connectivity index (χ2n) is 7.75. The minimum atomic E-state index is -0.673. The molecular formula is C25H31N5O. The summed E-state index contributed by atoms with van der Waals surface area (Å²) in [7, 11) is 0. The van der Waals surface area contributed by atoms with Gasteiger partial charge in [0.1, 0.15) is 0 Å². The van der Waals surface area contributed by atoms with Crippen molar-refractivity contribution >= 4 is 29.1 Å². The molecule has 1 atom stereocenters. The number of hydrogen-bond acceptors (Lipinski definition) is 5. The van der Waals surface area contributed by atoms with Crippen LogP contribution in [-0.4, -0.2) is 12.1 Å². The number of rotatable bonds is 7. The number of carbonyl (C=O) groups is 1. The molecule has 0 aliphatic heterocycles. The van der Waals surface area contributed by atoms with Gasteiger partial charge >= 0.3 is 0 Å². The van der Waals surface area contributed by atoms with Crippen LogP contribution >= 0.6 is 0 Å². The molecule has 0 aromatic heterocycles. The number of aryl methyl sites for hydroxylation is 2. The number of anilines is 2. The summed E-state index contributed by atoms with van der Waals surface area (Å²) in [6, 6.07) is 9.38. The molecule has 162 valence electrons. The molecule has 0 aliphatic rings. The molecule has 31 heavy (non-hydrogen) atoms. The van der Waals surface area contributed by atoms with Gasteiger partial charge in [-0.15, -0.1) is 0 Å². The highest BCUT2D eigenvalue weighted by molar-refractivity contribution is 5.99. The first-order valence-corrected chi connectivity index (χ1v) is 9.93. The van der Waals surface area contributed by atoms with E-state index in [9.17, 15) is 4.79 Å². The van der Waals surface area contributed by atoms with Crippen LogP contribution in [-0.2, 0) is 4.79 Å². The molecule has 2 aromatic rings. The van der Waals surface area contributed by atoms with E-state index in [1.54, 1.807) is 12.1 Å². The van der Waals surface area contributed by atoms with E-state index in [1.165, 1.54) is 6.21 Å². The third-order valence-electron chi connectivity index (χ3n) is 5.58. The van der Waals surface area contributed by atoms with Crippen LogP contribution in [0.25, 0.3) is 5.57 Å². The maximum Gasteiger partial charge on any atom is 0.251 e. The Kier molecular flexibility index (Phi) is 7.08. The van der Waals surface area contributed by atoms with Gasteiger partial charge in [0.15, 0.2) is 0 Å². The summed E-state index contributed by atoms with van der Waals surface area (Å²) in [6.45, 7) is 11.6. The Morgan fingerprint density at radius 2 is 1.74 bits per heavy atom. The standard InChI is InChI=1S/C25H31N5O/c1-13-9-10-20(27)19(12-26)21(13)17(5)24(29)22(25(30)31)16(4)11-15(3)18-8-6-7-14(2)23(18)28/h6-12,17,26H,4,27-29H2,1-3,5H3,(H2,30,31)/b15-11+,24-22-,26-12?. The van der Waals surface area contributed by atoms with Gasteiger partial charge in [0.2, 0.25) is 0 Å². The summed E-state index contributed by atoms with van der Waals surface area (Å²) in [5.74, 6) is -1.08. The summed E-state index contributed by atoms with van der Waals surface area (Å²) in [5, 5.41) is 7.77. The topological polar surface area (TPSA) is 145 Å². The summed E-state index contributed by atoms with van der Waals surface area (Å²) < 4.78 is 0. The van der Waals surface area contributed by atoms with E-state index in [0.29, 0.717) is 22.5 Å². The number of hydrogen-bond donors (Lipinski definition) is 5. The normalized spacial score (nSPS) is 13.4. The van der Waals surface area contributed by atoms with Crippen LogP contribution in [0.4, 0.5) is 11.4 Å². The van der Waals surface area contributed by atoms with Gasteiger partial charge in [0.05, 0.1) is 5.57 Å². The first-order chi connectivity index (χ1) is 14.5. The second-order valence-corrected chi connectivity index (χ2v) is 7.75. The van der Waals surface area contributed by atoms with E-state index in [4.69, 9.17) is 28.3 Å². The van der Waals surface area contributed by atoms with E-state index >= 15 is 0 Å². The minimum absolute atomic E-state index is 0.149. The van der Waals surface area contributed by atoms with Crippen LogP contribution in [0.2, 0.25) is 0 Å². The van der Waals surface area contributed by atoms with Gasteiger partial charge in [-0.25, -0.2) is 0 Å². The third kappa shape index (κ3) is 4.69. The SMILES string of the molecule is C=C(/C=C(\C)c1cccc(C)c1N)/C(C(N)=O)=C(/N)C(C)c1c(C)ccc(N)c1C=N. The number of nitrogens with one attached hydrogen (secondary N) is 1. The van der Waals surface area contributed by atoms with Crippen molar-refractivity contribution in [1.29, 1.82) is 5.41 Å². The number of benzene rings is 2.